The Morgan fingerprint density at radius 3 is 2.69 bits per heavy atom. The van der Waals surface area contributed by atoms with E-state index in [4.69, 9.17) is 0 Å². The third-order valence-electron chi connectivity index (χ3n) is 6.05. The van der Waals surface area contributed by atoms with Crippen LogP contribution >= 0.6 is 0 Å². The van der Waals surface area contributed by atoms with Gasteiger partial charge in [-0.25, -0.2) is 4.98 Å². The predicted molar refractivity (Wildman–Crippen MR) is 115 cm³/mol. The van der Waals surface area contributed by atoms with Crippen LogP contribution in [0.4, 0.5) is 5.95 Å². The summed E-state index contributed by atoms with van der Waals surface area (Å²) >= 11 is 0. The molecule has 1 aliphatic heterocycles. The van der Waals surface area contributed by atoms with Crippen LogP contribution in [0.5, 0.6) is 0 Å². The Labute approximate surface area is 171 Å². The zero-order valence-electron chi connectivity index (χ0n) is 17.5. The maximum absolute atomic E-state index is 12.6. The normalized spacial score (nSPS) is 15.2. The molecule has 2 aromatic heterocycles. The summed E-state index contributed by atoms with van der Waals surface area (Å²) in [5.41, 5.74) is 5.57. The molecule has 0 aliphatic carbocycles. The minimum absolute atomic E-state index is 0.0798. The quantitative estimate of drug-likeness (QED) is 0.674. The summed E-state index contributed by atoms with van der Waals surface area (Å²) in [6, 6.07) is 8.07. The molecular formula is C22H30N6O. The van der Waals surface area contributed by atoms with Crippen LogP contribution in [0.15, 0.2) is 24.3 Å². The van der Waals surface area contributed by atoms with E-state index in [9.17, 15) is 4.79 Å². The lowest BCUT2D eigenvalue weighted by atomic mass is 9.96. The molecule has 0 bridgehead atoms. The molecule has 4 rings (SSSR count). The molecule has 1 saturated heterocycles. The third kappa shape index (κ3) is 3.99. The molecule has 0 spiro atoms. The van der Waals surface area contributed by atoms with Crippen LogP contribution in [0.1, 0.15) is 36.7 Å². The Morgan fingerprint density at radius 1 is 1.24 bits per heavy atom. The molecule has 0 radical (unpaired) electrons. The largest absolute Gasteiger partial charge is 0.356 e. The number of hydrogen-bond donors (Lipinski definition) is 2. The lowest BCUT2D eigenvalue weighted by molar-refractivity contribution is -0.125. The molecule has 2 N–H and O–H groups in total. The summed E-state index contributed by atoms with van der Waals surface area (Å²) in [6.45, 7) is 9.49. The Morgan fingerprint density at radius 2 is 2.00 bits per heavy atom. The summed E-state index contributed by atoms with van der Waals surface area (Å²) in [5.74, 6) is 1.16. The summed E-state index contributed by atoms with van der Waals surface area (Å²) in [5, 5.41) is 7.70. The van der Waals surface area contributed by atoms with Gasteiger partial charge >= 0.3 is 0 Å². The van der Waals surface area contributed by atoms with Gasteiger partial charge in [0.1, 0.15) is 0 Å². The van der Waals surface area contributed by atoms with Crippen LogP contribution in [0, 0.1) is 19.8 Å². The van der Waals surface area contributed by atoms with Gasteiger partial charge in [-0.1, -0.05) is 12.1 Å². The Bertz CT molecular complexity index is 963. The zero-order chi connectivity index (χ0) is 20.4. The van der Waals surface area contributed by atoms with E-state index < -0.39 is 0 Å². The minimum Gasteiger partial charge on any atom is -0.356 e. The van der Waals surface area contributed by atoms with Crippen molar-refractivity contribution in [3.8, 4) is 0 Å². The number of fused-ring (bicyclic) bond motifs is 1. The number of para-hydroxylation sites is 2. The first-order valence-corrected chi connectivity index (χ1v) is 10.6. The molecule has 0 saturated carbocycles. The van der Waals surface area contributed by atoms with Gasteiger partial charge in [0.25, 0.3) is 0 Å². The summed E-state index contributed by atoms with van der Waals surface area (Å²) < 4.78 is 2.03. The van der Waals surface area contributed by atoms with E-state index in [0.29, 0.717) is 6.54 Å². The van der Waals surface area contributed by atoms with Gasteiger partial charge in [-0.3, -0.25) is 9.48 Å². The number of H-pyrrole nitrogens is 1. The van der Waals surface area contributed by atoms with Crippen molar-refractivity contribution >= 4 is 22.9 Å². The second-order valence-electron chi connectivity index (χ2n) is 7.85. The number of hydrogen-bond acceptors (Lipinski definition) is 4. The average molecular weight is 395 g/mol. The van der Waals surface area contributed by atoms with Gasteiger partial charge in [-0.05, 0) is 57.7 Å². The number of piperidine rings is 1. The number of nitrogens with one attached hydrogen (secondary N) is 2. The fraction of sp³-hybridized carbons (Fsp3) is 0.500. The highest BCUT2D eigenvalue weighted by molar-refractivity contribution is 5.79. The first kappa shape index (κ1) is 19.5. The van der Waals surface area contributed by atoms with Crippen molar-refractivity contribution in [1.82, 2.24) is 25.1 Å². The molecule has 7 nitrogen and oxygen atoms in total. The third-order valence-corrected chi connectivity index (χ3v) is 6.05. The fourth-order valence-electron chi connectivity index (χ4n) is 4.30. The molecule has 29 heavy (non-hydrogen) atoms. The molecule has 1 amide bonds. The smallest absolute Gasteiger partial charge is 0.223 e. The molecule has 7 heteroatoms. The number of anilines is 1. The zero-order valence-corrected chi connectivity index (χ0v) is 17.5. The number of rotatable bonds is 6. The van der Waals surface area contributed by atoms with E-state index in [-0.39, 0.29) is 11.8 Å². The molecule has 0 unspecified atom stereocenters. The first-order valence-electron chi connectivity index (χ1n) is 10.6. The first-order chi connectivity index (χ1) is 14.1. The highest BCUT2D eigenvalue weighted by atomic mass is 16.1. The van der Waals surface area contributed by atoms with E-state index in [1.807, 2.05) is 35.9 Å². The van der Waals surface area contributed by atoms with Gasteiger partial charge in [0.15, 0.2) is 0 Å². The van der Waals surface area contributed by atoms with E-state index in [0.717, 1.165) is 61.6 Å². The monoisotopic (exact) mass is 394 g/mol. The number of benzene rings is 1. The summed E-state index contributed by atoms with van der Waals surface area (Å²) in [4.78, 5) is 22.9. The van der Waals surface area contributed by atoms with E-state index in [2.05, 4.69) is 39.1 Å². The van der Waals surface area contributed by atoms with E-state index >= 15 is 0 Å². The van der Waals surface area contributed by atoms with Crippen LogP contribution in [0.2, 0.25) is 0 Å². The Kier molecular flexibility index (Phi) is 5.56. The Balaban J connectivity index is 1.27. The minimum atomic E-state index is 0.0798. The van der Waals surface area contributed by atoms with Crippen LogP contribution in [0.3, 0.4) is 0 Å². The Hall–Kier alpha value is -2.83. The highest BCUT2D eigenvalue weighted by Gasteiger charge is 2.26. The lowest BCUT2D eigenvalue weighted by Gasteiger charge is -2.31. The number of aryl methyl sites for hydroxylation is 2. The van der Waals surface area contributed by atoms with Gasteiger partial charge in [0.2, 0.25) is 11.9 Å². The van der Waals surface area contributed by atoms with Gasteiger partial charge in [-0.15, -0.1) is 0 Å². The standard InChI is InChI=1S/C22H30N6O/c1-4-28-16(3)18(15(2)26-28)9-12-23-21(29)17-10-13-27(14-11-17)22-24-19-7-5-6-8-20(19)25-22/h5-8,17H,4,9-14H2,1-3H3,(H,23,29)(H,24,25). The number of nitrogens with zero attached hydrogens (tertiary/aromatic N) is 4. The van der Waals surface area contributed by atoms with Crippen LogP contribution in [-0.4, -0.2) is 45.3 Å². The number of carbonyl (C=O) groups excluding carboxylic acids is 1. The molecular weight excluding hydrogens is 364 g/mol. The van der Waals surface area contributed by atoms with Crippen molar-refractivity contribution in [2.24, 2.45) is 5.92 Å². The lowest BCUT2D eigenvalue weighted by Crippen LogP contribution is -2.41. The number of aromatic amines is 1. The van der Waals surface area contributed by atoms with Crippen molar-refractivity contribution in [3.63, 3.8) is 0 Å². The van der Waals surface area contributed by atoms with Gasteiger partial charge < -0.3 is 15.2 Å². The van der Waals surface area contributed by atoms with Gasteiger partial charge in [0, 0.05) is 37.8 Å². The molecule has 1 aromatic carbocycles. The molecule has 1 aliphatic rings. The highest BCUT2D eigenvalue weighted by Crippen LogP contribution is 2.23. The van der Waals surface area contributed by atoms with Crippen molar-refractivity contribution in [1.29, 1.82) is 0 Å². The summed E-state index contributed by atoms with van der Waals surface area (Å²) in [6.07, 6.45) is 2.55. The molecule has 3 heterocycles. The number of carbonyl (C=O) groups is 1. The molecule has 0 atom stereocenters. The fourth-order valence-corrected chi connectivity index (χ4v) is 4.30. The number of aromatic nitrogens is 4. The second kappa shape index (κ2) is 8.27. The maximum Gasteiger partial charge on any atom is 0.223 e. The number of amides is 1. The van der Waals surface area contributed by atoms with Crippen LogP contribution < -0.4 is 10.2 Å². The number of imidazole rings is 1. The predicted octanol–water partition coefficient (Wildman–Crippen LogP) is 2.97. The van der Waals surface area contributed by atoms with Crippen molar-refractivity contribution in [2.45, 2.75) is 46.6 Å². The summed E-state index contributed by atoms with van der Waals surface area (Å²) in [7, 11) is 0. The van der Waals surface area contributed by atoms with Crippen molar-refractivity contribution in [2.75, 3.05) is 24.5 Å². The van der Waals surface area contributed by atoms with E-state index in [1.165, 1.54) is 11.3 Å². The molecule has 3 aromatic rings. The van der Waals surface area contributed by atoms with Crippen LogP contribution in [0.25, 0.3) is 11.0 Å². The van der Waals surface area contributed by atoms with Gasteiger partial charge in [-0.2, -0.15) is 5.10 Å². The van der Waals surface area contributed by atoms with E-state index in [1.54, 1.807) is 0 Å². The topological polar surface area (TPSA) is 78.8 Å². The van der Waals surface area contributed by atoms with Crippen molar-refractivity contribution in [3.05, 3.63) is 41.2 Å². The second-order valence-corrected chi connectivity index (χ2v) is 7.85. The molecule has 1 fully saturated rings. The van der Waals surface area contributed by atoms with Crippen molar-refractivity contribution < 1.29 is 4.79 Å². The molecule has 154 valence electrons. The van der Waals surface area contributed by atoms with Gasteiger partial charge in [0.05, 0.1) is 16.7 Å². The van der Waals surface area contributed by atoms with Crippen LogP contribution in [-0.2, 0) is 17.8 Å². The average Bonchev–Trinajstić information content (AvgIpc) is 3.29. The SMILES string of the molecule is CCn1nc(C)c(CCNC(=O)C2CCN(c3nc4ccccc4[nH]3)CC2)c1C. The maximum atomic E-state index is 12.6.